The van der Waals surface area contributed by atoms with Crippen LogP contribution in [0.1, 0.15) is 15.9 Å². The summed E-state index contributed by atoms with van der Waals surface area (Å²) in [5.41, 5.74) is 2.32. The number of hydrogen-bond acceptors (Lipinski definition) is 4. The van der Waals surface area contributed by atoms with Gasteiger partial charge in [-0.3, -0.25) is 9.78 Å². The maximum absolute atomic E-state index is 13.3. The number of nitrogens with zero attached hydrogens (tertiary/aromatic N) is 1. The number of hydrogen-bond donors (Lipinski definition) is 2. The van der Waals surface area contributed by atoms with Crippen LogP contribution in [0.25, 0.3) is 11.3 Å². The van der Waals surface area contributed by atoms with Crippen LogP contribution in [0.5, 0.6) is 0 Å². The highest BCUT2D eigenvalue weighted by atomic mass is 32.2. The minimum Gasteiger partial charge on any atom is -0.348 e. The van der Waals surface area contributed by atoms with Gasteiger partial charge < -0.3 is 5.32 Å². The molecule has 0 aliphatic heterocycles. The van der Waals surface area contributed by atoms with Crippen LogP contribution in [0.2, 0.25) is 0 Å². The smallest absolute Gasteiger partial charge is 0.253 e. The number of amides is 1. The third-order valence-corrected chi connectivity index (χ3v) is 5.53. The number of carbonyl (C=O) groups excluding carboxylic acids is 1. The van der Waals surface area contributed by atoms with Crippen LogP contribution in [0.3, 0.4) is 0 Å². The van der Waals surface area contributed by atoms with Crippen molar-refractivity contribution in [2.24, 2.45) is 0 Å². The van der Waals surface area contributed by atoms with Crippen molar-refractivity contribution >= 4 is 15.9 Å². The van der Waals surface area contributed by atoms with E-state index in [0.29, 0.717) is 16.8 Å². The van der Waals surface area contributed by atoms with Gasteiger partial charge in [0.05, 0.1) is 16.2 Å². The number of nitrogens with one attached hydrogen (secondary N) is 2. The molecule has 144 valence electrons. The minimum absolute atomic E-state index is 0.155. The molecular formula is C20H18FN3O3S. The van der Waals surface area contributed by atoms with Gasteiger partial charge in [0.2, 0.25) is 10.0 Å². The molecule has 0 saturated heterocycles. The van der Waals surface area contributed by atoms with Crippen LogP contribution in [0, 0.1) is 5.82 Å². The number of pyridine rings is 1. The number of aromatic nitrogens is 1. The molecule has 0 aliphatic rings. The molecule has 1 aromatic heterocycles. The maximum Gasteiger partial charge on any atom is 0.253 e. The van der Waals surface area contributed by atoms with Crippen molar-refractivity contribution in [3.8, 4) is 11.3 Å². The van der Waals surface area contributed by atoms with E-state index in [9.17, 15) is 17.6 Å². The normalized spacial score (nSPS) is 11.2. The summed E-state index contributed by atoms with van der Waals surface area (Å²) >= 11 is 0. The van der Waals surface area contributed by atoms with E-state index in [1.807, 2.05) is 0 Å². The van der Waals surface area contributed by atoms with Crippen LogP contribution in [0.4, 0.5) is 4.39 Å². The minimum atomic E-state index is -3.49. The van der Waals surface area contributed by atoms with E-state index >= 15 is 0 Å². The Morgan fingerprint density at radius 3 is 2.43 bits per heavy atom. The average Bonchev–Trinajstić information content (AvgIpc) is 2.72. The highest BCUT2D eigenvalue weighted by Gasteiger charge is 2.11. The monoisotopic (exact) mass is 399 g/mol. The van der Waals surface area contributed by atoms with Crippen molar-refractivity contribution in [3.05, 3.63) is 83.8 Å². The van der Waals surface area contributed by atoms with Gasteiger partial charge in [0.1, 0.15) is 5.82 Å². The first-order valence-electron chi connectivity index (χ1n) is 8.42. The largest absolute Gasteiger partial charge is 0.348 e. The molecular weight excluding hydrogens is 381 g/mol. The Labute approximate surface area is 162 Å². The standard InChI is InChI=1S/C20H18FN3O3S/c1-22-28(26,27)18-8-5-14(6-9-18)12-24-20(25)16-7-10-19(23-13-16)15-3-2-4-17(21)11-15/h2-11,13,22H,12H2,1H3,(H,24,25). The molecule has 0 radical (unpaired) electrons. The van der Waals surface area contributed by atoms with Gasteiger partial charge in [-0.15, -0.1) is 0 Å². The predicted molar refractivity (Wildman–Crippen MR) is 103 cm³/mol. The average molecular weight is 399 g/mol. The summed E-state index contributed by atoms with van der Waals surface area (Å²) < 4.78 is 39.0. The van der Waals surface area contributed by atoms with Gasteiger partial charge in [0.25, 0.3) is 5.91 Å². The Bertz CT molecular complexity index is 1080. The first-order chi connectivity index (χ1) is 13.4. The third kappa shape index (κ3) is 4.59. The highest BCUT2D eigenvalue weighted by Crippen LogP contribution is 2.18. The van der Waals surface area contributed by atoms with Gasteiger partial charge in [0, 0.05) is 18.3 Å². The molecule has 1 amide bonds. The van der Waals surface area contributed by atoms with E-state index in [0.717, 1.165) is 5.56 Å². The van der Waals surface area contributed by atoms with Crippen LogP contribution in [-0.2, 0) is 16.6 Å². The number of sulfonamides is 1. The molecule has 2 aromatic carbocycles. The van der Waals surface area contributed by atoms with E-state index in [2.05, 4.69) is 15.0 Å². The fourth-order valence-corrected chi connectivity index (χ4v) is 3.27. The fraction of sp³-hybridized carbons (Fsp3) is 0.100. The summed E-state index contributed by atoms with van der Waals surface area (Å²) in [7, 11) is -2.14. The van der Waals surface area contributed by atoms with Crippen molar-refractivity contribution in [2.75, 3.05) is 7.05 Å². The molecule has 3 aromatic rings. The summed E-state index contributed by atoms with van der Waals surface area (Å²) in [6, 6.07) is 15.6. The Balaban J connectivity index is 1.63. The lowest BCUT2D eigenvalue weighted by Crippen LogP contribution is -2.23. The molecule has 3 rings (SSSR count). The Hall–Kier alpha value is -3.10. The zero-order valence-electron chi connectivity index (χ0n) is 15.0. The topological polar surface area (TPSA) is 88.2 Å². The second kappa shape index (κ2) is 8.28. The summed E-state index contributed by atoms with van der Waals surface area (Å²) in [5, 5.41) is 2.75. The van der Waals surface area contributed by atoms with Crippen molar-refractivity contribution in [1.82, 2.24) is 15.0 Å². The Morgan fingerprint density at radius 1 is 1.07 bits per heavy atom. The fourth-order valence-electron chi connectivity index (χ4n) is 2.54. The molecule has 0 unspecified atom stereocenters. The van der Waals surface area contributed by atoms with Gasteiger partial charge in [-0.05, 0) is 49.0 Å². The van der Waals surface area contributed by atoms with Crippen LogP contribution in [-0.4, -0.2) is 26.4 Å². The van der Waals surface area contributed by atoms with E-state index in [-0.39, 0.29) is 23.2 Å². The van der Waals surface area contributed by atoms with Gasteiger partial charge >= 0.3 is 0 Å². The number of benzene rings is 2. The molecule has 6 nitrogen and oxygen atoms in total. The zero-order chi connectivity index (χ0) is 20.1. The SMILES string of the molecule is CNS(=O)(=O)c1ccc(CNC(=O)c2ccc(-c3cccc(F)c3)nc2)cc1. The maximum atomic E-state index is 13.3. The lowest BCUT2D eigenvalue weighted by Gasteiger charge is -2.08. The summed E-state index contributed by atoms with van der Waals surface area (Å²) in [4.78, 5) is 16.6. The summed E-state index contributed by atoms with van der Waals surface area (Å²) in [6.07, 6.45) is 1.43. The zero-order valence-corrected chi connectivity index (χ0v) is 15.8. The van der Waals surface area contributed by atoms with E-state index in [4.69, 9.17) is 0 Å². The predicted octanol–water partition coefficient (Wildman–Crippen LogP) is 2.73. The number of rotatable bonds is 6. The second-order valence-corrected chi connectivity index (χ2v) is 7.86. The third-order valence-electron chi connectivity index (χ3n) is 4.10. The number of halogens is 1. The Morgan fingerprint density at radius 2 is 1.82 bits per heavy atom. The second-order valence-electron chi connectivity index (χ2n) is 5.98. The van der Waals surface area contributed by atoms with Crippen LogP contribution < -0.4 is 10.0 Å². The Kier molecular flexibility index (Phi) is 5.81. The molecule has 8 heteroatoms. The molecule has 0 bridgehead atoms. The van der Waals surface area contributed by atoms with Crippen LogP contribution >= 0.6 is 0 Å². The number of carbonyl (C=O) groups is 1. The molecule has 28 heavy (non-hydrogen) atoms. The van der Waals surface area contributed by atoms with Crippen LogP contribution in [0.15, 0.2) is 71.8 Å². The van der Waals surface area contributed by atoms with E-state index in [1.165, 1.54) is 37.5 Å². The van der Waals surface area contributed by atoms with Crippen molar-refractivity contribution < 1.29 is 17.6 Å². The first kappa shape index (κ1) is 19.7. The lowest BCUT2D eigenvalue weighted by molar-refractivity contribution is 0.0950. The van der Waals surface area contributed by atoms with Crippen molar-refractivity contribution in [2.45, 2.75) is 11.4 Å². The van der Waals surface area contributed by atoms with Gasteiger partial charge in [-0.25, -0.2) is 17.5 Å². The molecule has 0 atom stereocenters. The lowest BCUT2D eigenvalue weighted by atomic mass is 10.1. The van der Waals surface area contributed by atoms with Crippen molar-refractivity contribution in [1.29, 1.82) is 0 Å². The summed E-state index contributed by atoms with van der Waals surface area (Å²) in [6.45, 7) is 0.240. The highest BCUT2D eigenvalue weighted by molar-refractivity contribution is 7.89. The van der Waals surface area contributed by atoms with E-state index in [1.54, 1.807) is 36.4 Å². The quantitative estimate of drug-likeness (QED) is 0.667. The molecule has 0 spiro atoms. The molecule has 1 heterocycles. The first-order valence-corrected chi connectivity index (χ1v) is 9.90. The molecule has 0 aliphatic carbocycles. The van der Waals surface area contributed by atoms with E-state index < -0.39 is 10.0 Å². The van der Waals surface area contributed by atoms with Gasteiger partial charge in [-0.1, -0.05) is 24.3 Å². The van der Waals surface area contributed by atoms with Crippen molar-refractivity contribution in [3.63, 3.8) is 0 Å². The molecule has 0 saturated carbocycles. The van der Waals surface area contributed by atoms with Gasteiger partial charge in [0.15, 0.2) is 0 Å². The molecule has 0 fully saturated rings. The molecule has 2 N–H and O–H groups in total. The summed E-state index contributed by atoms with van der Waals surface area (Å²) in [5.74, 6) is -0.667. The van der Waals surface area contributed by atoms with Gasteiger partial charge in [-0.2, -0.15) is 0 Å².